The average Bonchev–Trinajstić information content (AvgIpc) is 2.80. The average molecular weight is 495 g/mol. The number of aliphatic imine (C=N–C) groups is 1. The van der Waals surface area contributed by atoms with Gasteiger partial charge in [-0.2, -0.15) is 13.2 Å². The largest absolute Gasteiger partial charge is 0.417 e. The summed E-state index contributed by atoms with van der Waals surface area (Å²) in [5.74, 6) is -4.40. The molecule has 3 rings (SSSR count). The van der Waals surface area contributed by atoms with E-state index in [0.717, 1.165) is 17.0 Å². The first kappa shape index (κ1) is 26.1. The van der Waals surface area contributed by atoms with Crippen molar-refractivity contribution in [2.45, 2.75) is 31.5 Å². The number of likely N-dealkylation sites (tertiary alicyclic amines) is 1. The Bertz CT molecular complexity index is 1080. The van der Waals surface area contributed by atoms with Crippen LogP contribution in [-0.4, -0.2) is 54.1 Å². The molecule has 1 aliphatic rings. The third-order valence-electron chi connectivity index (χ3n) is 5.79. The number of benzene rings is 1. The zero-order chi connectivity index (χ0) is 25.8. The second kappa shape index (κ2) is 10.4. The van der Waals surface area contributed by atoms with Gasteiger partial charge in [0.15, 0.2) is 0 Å². The summed E-state index contributed by atoms with van der Waals surface area (Å²) in [5, 5.41) is 2.86. The Balaban J connectivity index is 1.88. The molecule has 0 bridgehead atoms. The predicted molar refractivity (Wildman–Crippen MR) is 124 cm³/mol. The fourth-order valence-corrected chi connectivity index (χ4v) is 4.07. The van der Waals surface area contributed by atoms with Crippen LogP contribution in [0.4, 0.5) is 27.8 Å². The molecule has 11 heteroatoms. The Morgan fingerprint density at radius 2 is 1.94 bits per heavy atom. The number of nitrogens with two attached hydrogens (primary N) is 1. The highest BCUT2D eigenvalue weighted by molar-refractivity contribution is 6.18. The molecule has 2 heterocycles. The van der Waals surface area contributed by atoms with E-state index in [1.165, 1.54) is 13.3 Å². The van der Waals surface area contributed by atoms with Gasteiger partial charge in [-0.3, -0.25) is 9.79 Å². The van der Waals surface area contributed by atoms with Crippen molar-refractivity contribution in [2.75, 3.05) is 25.5 Å². The smallest absolute Gasteiger partial charge is 0.394 e. The van der Waals surface area contributed by atoms with Gasteiger partial charge >= 0.3 is 6.18 Å². The van der Waals surface area contributed by atoms with Crippen molar-refractivity contribution in [3.05, 3.63) is 65.5 Å². The Labute approximate surface area is 199 Å². The van der Waals surface area contributed by atoms with Gasteiger partial charge in [0.05, 0.1) is 18.2 Å². The van der Waals surface area contributed by atoms with Gasteiger partial charge in [0, 0.05) is 38.0 Å². The van der Waals surface area contributed by atoms with Crippen molar-refractivity contribution in [1.82, 2.24) is 9.88 Å². The highest BCUT2D eigenvalue weighted by Crippen LogP contribution is 2.35. The number of rotatable bonds is 6. The fourth-order valence-electron chi connectivity index (χ4n) is 4.07. The number of carbonyl (C=O) groups is 1. The molecule has 1 unspecified atom stereocenters. The highest BCUT2D eigenvalue weighted by Gasteiger charge is 2.46. The summed E-state index contributed by atoms with van der Waals surface area (Å²) in [6, 6.07) is 10.0. The third-order valence-corrected chi connectivity index (χ3v) is 5.79. The molecule has 1 aromatic heterocycles. The fraction of sp³-hybridized carbons (Fsp3) is 0.375. The number of anilines is 1. The maximum Gasteiger partial charge on any atom is 0.417 e. The first-order chi connectivity index (χ1) is 16.4. The van der Waals surface area contributed by atoms with E-state index >= 15 is 0 Å². The standard InChI is InChI=1S/C24H26F5N5O/c1-15-10-23(25,26)14-34(19(15)13-33-20-9-8-17(11-32-20)24(27,28)29)22(35)21(30)18(12-31-2)16-6-4-3-5-7-16/h3-9,11-12,15,19H,10,13-14,30H2,1-2H3,(H,32,33)/t15-,19?/m1/s1. The lowest BCUT2D eigenvalue weighted by atomic mass is 9.88. The number of hydrogen-bond donors (Lipinski definition) is 2. The Morgan fingerprint density at radius 3 is 2.51 bits per heavy atom. The number of halogens is 5. The number of nitrogens with one attached hydrogen (secondary N) is 1. The van der Waals surface area contributed by atoms with Gasteiger partial charge < -0.3 is 16.0 Å². The van der Waals surface area contributed by atoms with Crippen LogP contribution in [0.2, 0.25) is 0 Å². The molecule has 0 saturated carbocycles. The van der Waals surface area contributed by atoms with Gasteiger partial charge in [-0.25, -0.2) is 13.8 Å². The number of aromatic nitrogens is 1. The predicted octanol–water partition coefficient (Wildman–Crippen LogP) is 4.46. The summed E-state index contributed by atoms with van der Waals surface area (Å²) in [6.45, 7) is 0.748. The van der Waals surface area contributed by atoms with Gasteiger partial charge in [-0.1, -0.05) is 37.3 Å². The molecule has 188 valence electrons. The quantitative estimate of drug-likeness (QED) is 0.352. The highest BCUT2D eigenvalue weighted by atomic mass is 19.4. The third kappa shape index (κ3) is 6.34. The Hall–Kier alpha value is -3.50. The number of hydrogen-bond acceptors (Lipinski definition) is 5. The van der Waals surface area contributed by atoms with Crippen LogP contribution in [0.5, 0.6) is 0 Å². The maximum absolute atomic E-state index is 14.5. The van der Waals surface area contributed by atoms with Crippen LogP contribution in [0.25, 0.3) is 5.57 Å². The topological polar surface area (TPSA) is 83.6 Å². The molecular weight excluding hydrogens is 469 g/mol. The zero-order valence-electron chi connectivity index (χ0n) is 19.2. The van der Waals surface area contributed by atoms with Gasteiger partial charge in [0.1, 0.15) is 11.5 Å². The molecule has 1 amide bonds. The van der Waals surface area contributed by atoms with E-state index in [9.17, 15) is 26.7 Å². The summed E-state index contributed by atoms with van der Waals surface area (Å²) < 4.78 is 67.3. The lowest BCUT2D eigenvalue weighted by Gasteiger charge is -2.43. The molecule has 2 atom stereocenters. The van der Waals surface area contributed by atoms with E-state index in [2.05, 4.69) is 15.3 Å². The molecule has 0 aliphatic carbocycles. The SMILES string of the molecule is CN=CC(=C(N)C(=O)N1CC(F)(F)C[C@@H](C)C1CNc1ccc(C(F)(F)F)cn1)c1ccccc1. The summed E-state index contributed by atoms with van der Waals surface area (Å²) in [4.78, 5) is 22.1. The number of carbonyl (C=O) groups excluding carboxylic acids is 1. The molecule has 35 heavy (non-hydrogen) atoms. The lowest BCUT2D eigenvalue weighted by Crippen LogP contribution is -2.58. The van der Waals surface area contributed by atoms with Gasteiger partial charge in [0.2, 0.25) is 0 Å². The lowest BCUT2D eigenvalue weighted by molar-refractivity contribution is -0.148. The Morgan fingerprint density at radius 1 is 1.26 bits per heavy atom. The van der Waals surface area contributed by atoms with Crippen LogP contribution in [0.1, 0.15) is 24.5 Å². The molecule has 1 saturated heterocycles. The monoisotopic (exact) mass is 495 g/mol. The second-order valence-corrected chi connectivity index (χ2v) is 8.43. The number of allylic oxidation sites excluding steroid dienone is 1. The molecule has 0 radical (unpaired) electrons. The van der Waals surface area contributed by atoms with Gasteiger partial charge in [-0.15, -0.1) is 0 Å². The molecule has 3 N–H and O–H groups in total. The minimum Gasteiger partial charge on any atom is -0.394 e. The normalized spacial score (nSPS) is 21.1. The van der Waals surface area contributed by atoms with Crippen LogP contribution >= 0.6 is 0 Å². The second-order valence-electron chi connectivity index (χ2n) is 8.43. The molecule has 1 aromatic carbocycles. The molecular formula is C24H26F5N5O. The summed E-state index contributed by atoms with van der Waals surface area (Å²) in [5.41, 5.74) is 5.95. The first-order valence-electron chi connectivity index (χ1n) is 10.9. The summed E-state index contributed by atoms with van der Waals surface area (Å²) in [7, 11) is 1.50. The van der Waals surface area contributed by atoms with Gasteiger partial charge in [0.25, 0.3) is 11.8 Å². The Kier molecular flexibility index (Phi) is 7.76. The van der Waals surface area contributed by atoms with Crippen molar-refractivity contribution in [2.24, 2.45) is 16.6 Å². The van der Waals surface area contributed by atoms with Crippen molar-refractivity contribution in [3.63, 3.8) is 0 Å². The van der Waals surface area contributed by atoms with Crippen LogP contribution in [0.15, 0.2) is 59.4 Å². The van der Waals surface area contributed by atoms with E-state index in [4.69, 9.17) is 5.73 Å². The van der Waals surface area contributed by atoms with E-state index < -0.39 is 48.5 Å². The van der Waals surface area contributed by atoms with Crippen LogP contribution in [-0.2, 0) is 11.0 Å². The number of amides is 1. The van der Waals surface area contributed by atoms with Crippen LogP contribution < -0.4 is 11.1 Å². The minimum absolute atomic E-state index is 0.00281. The molecule has 6 nitrogen and oxygen atoms in total. The molecule has 0 spiro atoms. The van der Waals surface area contributed by atoms with E-state index in [0.29, 0.717) is 17.3 Å². The number of nitrogens with zero attached hydrogens (tertiary/aromatic N) is 3. The van der Waals surface area contributed by atoms with Crippen LogP contribution in [0, 0.1) is 5.92 Å². The van der Waals surface area contributed by atoms with E-state index in [-0.39, 0.29) is 18.1 Å². The summed E-state index contributed by atoms with van der Waals surface area (Å²) in [6.07, 6.45) is -2.90. The molecule has 2 aromatic rings. The maximum atomic E-state index is 14.5. The van der Waals surface area contributed by atoms with E-state index in [1.807, 2.05) is 0 Å². The zero-order valence-corrected chi connectivity index (χ0v) is 19.2. The summed E-state index contributed by atoms with van der Waals surface area (Å²) >= 11 is 0. The van der Waals surface area contributed by atoms with Crippen LogP contribution in [0.3, 0.4) is 0 Å². The van der Waals surface area contributed by atoms with Crippen molar-refractivity contribution >= 4 is 23.5 Å². The van der Waals surface area contributed by atoms with Crippen molar-refractivity contribution in [1.29, 1.82) is 0 Å². The van der Waals surface area contributed by atoms with Gasteiger partial charge in [-0.05, 0) is 23.6 Å². The van der Waals surface area contributed by atoms with E-state index in [1.54, 1.807) is 37.3 Å². The number of piperidine rings is 1. The minimum atomic E-state index is -4.53. The molecule has 1 fully saturated rings. The van der Waals surface area contributed by atoms with Crippen molar-refractivity contribution < 1.29 is 26.7 Å². The van der Waals surface area contributed by atoms with Crippen molar-refractivity contribution in [3.8, 4) is 0 Å². The molecule has 1 aliphatic heterocycles. The number of pyridine rings is 1. The number of alkyl halides is 5. The first-order valence-corrected chi connectivity index (χ1v) is 10.9.